The first-order chi connectivity index (χ1) is 10.2. The molecule has 1 aromatic carbocycles. The van der Waals surface area contributed by atoms with Gasteiger partial charge in [0.25, 0.3) is 0 Å². The number of nitrogens with two attached hydrogens (primary N) is 1. The van der Waals surface area contributed by atoms with Gasteiger partial charge in [0, 0.05) is 6.54 Å². The minimum atomic E-state index is 0.592. The number of nitrogens with zero attached hydrogens (tertiary/aromatic N) is 1. The summed E-state index contributed by atoms with van der Waals surface area (Å²) in [4.78, 5) is 2.31. The quantitative estimate of drug-likeness (QED) is 0.715. The minimum Gasteiger partial charge on any atom is -0.493 e. The molecule has 1 aromatic rings. The van der Waals surface area contributed by atoms with E-state index in [1.807, 2.05) is 12.1 Å². The van der Waals surface area contributed by atoms with Crippen LogP contribution >= 0.6 is 0 Å². The summed E-state index contributed by atoms with van der Waals surface area (Å²) in [6, 6.07) is 3.92. The van der Waals surface area contributed by atoms with E-state index in [1.165, 1.54) is 0 Å². The molecule has 0 fully saturated rings. The molecular formula is C16H28N2O3. The fourth-order valence-corrected chi connectivity index (χ4v) is 2.20. The highest BCUT2D eigenvalue weighted by molar-refractivity contribution is 5.54. The molecule has 0 saturated heterocycles. The summed E-state index contributed by atoms with van der Waals surface area (Å²) in [7, 11) is 3.27. The number of ether oxygens (including phenoxy) is 3. The molecule has 0 aliphatic heterocycles. The molecule has 0 aliphatic rings. The largest absolute Gasteiger partial charge is 0.493 e. The molecule has 0 unspecified atom stereocenters. The van der Waals surface area contributed by atoms with E-state index >= 15 is 0 Å². The number of benzene rings is 1. The van der Waals surface area contributed by atoms with Crippen LogP contribution in [-0.4, -0.2) is 51.9 Å². The first-order valence-electron chi connectivity index (χ1n) is 7.50. The molecule has 0 heterocycles. The maximum Gasteiger partial charge on any atom is 0.203 e. The Labute approximate surface area is 128 Å². The number of hydrogen-bond donors (Lipinski definition) is 1. The molecule has 0 atom stereocenters. The SMILES string of the molecule is CCN(CC)CCOc1c(OC)cc(CCN)cc1OC. The highest BCUT2D eigenvalue weighted by Crippen LogP contribution is 2.38. The van der Waals surface area contributed by atoms with Crippen LogP contribution in [0, 0.1) is 0 Å². The van der Waals surface area contributed by atoms with Gasteiger partial charge in [-0.05, 0) is 43.8 Å². The molecule has 1 rings (SSSR count). The van der Waals surface area contributed by atoms with Gasteiger partial charge >= 0.3 is 0 Å². The van der Waals surface area contributed by atoms with E-state index in [0.29, 0.717) is 30.4 Å². The van der Waals surface area contributed by atoms with Crippen molar-refractivity contribution in [3.63, 3.8) is 0 Å². The standard InChI is InChI=1S/C16H28N2O3/c1-5-18(6-2)9-10-21-16-14(19-3)11-13(7-8-17)12-15(16)20-4/h11-12H,5-10,17H2,1-4H3. The molecule has 0 bridgehead atoms. The lowest BCUT2D eigenvalue weighted by Crippen LogP contribution is -2.28. The topological polar surface area (TPSA) is 57.0 Å². The third-order valence-electron chi connectivity index (χ3n) is 3.50. The molecule has 21 heavy (non-hydrogen) atoms. The van der Waals surface area contributed by atoms with E-state index in [9.17, 15) is 0 Å². The Morgan fingerprint density at radius 3 is 2.05 bits per heavy atom. The Kier molecular flexibility index (Phi) is 7.93. The summed E-state index contributed by atoms with van der Waals surface area (Å²) >= 11 is 0. The zero-order chi connectivity index (χ0) is 15.7. The zero-order valence-corrected chi connectivity index (χ0v) is 13.6. The van der Waals surface area contributed by atoms with Crippen LogP contribution in [0.5, 0.6) is 17.2 Å². The number of hydrogen-bond acceptors (Lipinski definition) is 5. The van der Waals surface area contributed by atoms with Crippen LogP contribution < -0.4 is 19.9 Å². The Balaban J connectivity index is 2.83. The molecule has 0 radical (unpaired) electrons. The van der Waals surface area contributed by atoms with Crippen LogP contribution in [0.1, 0.15) is 19.4 Å². The fourth-order valence-electron chi connectivity index (χ4n) is 2.20. The zero-order valence-electron chi connectivity index (χ0n) is 13.6. The first-order valence-corrected chi connectivity index (χ1v) is 7.50. The predicted molar refractivity (Wildman–Crippen MR) is 85.6 cm³/mol. The van der Waals surface area contributed by atoms with Crippen molar-refractivity contribution in [1.82, 2.24) is 4.90 Å². The predicted octanol–water partition coefficient (Wildman–Crippen LogP) is 1.93. The van der Waals surface area contributed by atoms with Gasteiger partial charge in [-0.25, -0.2) is 0 Å². The van der Waals surface area contributed by atoms with E-state index in [0.717, 1.165) is 31.6 Å². The molecule has 5 heteroatoms. The molecule has 0 saturated carbocycles. The number of likely N-dealkylation sites (N-methyl/N-ethyl adjacent to an activating group) is 1. The third-order valence-corrected chi connectivity index (χ3v) is 3.50. The van der Waals surface area contributed by atoms with Crippen molar-refractivity contribution in [2.45, 2.75) is 20.3 Å². The lowest BCUT2D eigenvalue weighted by atomic mass is 10.1. The summed E-state index contributed by atoms with van der Waals surface area (Å²) in [6.07, 6.45) is 0.784. The van der Waals surface area contributed by atoms with E-state index in [1.54, 1.807) is 14.2 Å². The summed E-state index contributed by atoms with van der Waals surface area (Å²) in [6.45, 7) is 8.40. The van der Waals surface area contributed by atoms with Gasteiger partial charge in [0.2, 0.25) is 5.75 Å². The van der Waals surface area contributed by atoms with Gasteiger partial charge in [-0.1, -0.05) is 13.8 Å². The summed E-state index contributed by atoms with van der Waals surface area (Å²) in [5.74, 6) is 2.04. The van der Waals surface area contributed by atoms with Gasteiger partial charge < -0.3 is 24.8 Å². The Bertz CT molecular complexity index is 395. The van der Waals surface area contributed by atoms with E-state index < -0.39 is 0 Å². The molecule has 0 spiro atoms. The Morgan fingerprint density at radius 1 is 1.05 bits per heavy atom. The molecule has 5 nitrogen and oxygen atoms in total. The molecule has 120 valence electrons. The number of methoxy groups -OCH3 is 2. The molecular weight excluding hydrogens is 268 g/mol. The summed E-state index contributed by atoms with van der Waals surface area (Å²) in [5.41, 5.74) is 6.69. The normalized spacial score (nSPS) is 10.8. The van der Waals surface area contributed by atoms with Crippen LogP contribution in [-0.2, 0) is 6.42 Å². The van der Waals surface area contributed by atoms with Crippen molar-refractivity contribution in [2.75, 3.05) is 47.0 Å². The molecule has 0 aromatic heterocycles. The van der Waals surface area contributed by atoms with Gasteiger partial charge in [-0.2, -0.15) is 0 Å². The Morgan fingerprint density at radius 2 is 1.62 bits per heavy atom. The second-order valence-electron chi connectivity index (χ2n) is 4.74. The highest BCUT2D eigenvalue weighted by Gasteiger charge is 2.14. The van der Waals surface area contributed by atoms with Gasteiger partial charge in [0.15, 0.2) is 11.5 Å². The second kappa shape index (κ2) is 9.47. The minimum absolute atomic E-state index is 0.592. The van der Waals surface area contributed by atoms with Crippen molar-refractivity contribution in [3.8, 4) is 17.2 Å². The van der Waals surface area contributed by atoms with Crippen LogP contribution in [0.3, 0.4) is 0 Å². The second-order valence-corrected chi connectivity index (χ2v) is 4.74. The van der Waals surface area contributed by atoms with Gasteiger partial charge in [0.05, 0.1) is 14.2 Å². The van der Waals surface area contributed by atoms with Gasteiger partial charge in [-0.15, -0.1) is 0 Å². The summed E-state index contributed by atoms with van der Waals surface area (Å²) < 4.78 is 16.7. The van der Waals surface area contributed by atoms with Crippen LogP contribution in [0.2, 0.25) is 0 Å². The van der Waals surface area contributed by atoms with Crippen LogP contribution in [0.15, 0.2) is 12.1 Å². The van der Waals surface area contributed by atoms with Crippen LogP contribution in [0.25, 0.3) is 0 Å². The van der Waals surface area contributed by atoms with Crippen molar-refractivity contribution in [1.29, 1.82) is 0 Å². The van der Waals surface area contributed by atoms with Crippen molar-refractivity contribution >= 4 is 0 Å². The smallest absolute Gasteiger partial charge is 0.203 e. The lowest BCUT2D eigenvalue weighted by molar-refractivity contribution is 0.211. The van der Waals surface area contributed by atoms with Crippen molar-refractivity contribution in [2.24, 2.45) is 5.73 Å². The monoisotopic (exact) mass is 296 g/mol. The van der Waals surface area contributed by atoms with Crippen molar-refractivity contribution in [3.05, 3.63) is 17.7 Å². The highest BCUT2D eigenvalue weighted by atomic mass is 16.5. The van der Waals surface area contributed by atoms with E-state index in [-0.39, 0.29) is 0 Å². The average molecular weight is 296 g/mol. The van der Waals surface area contributed by atoms with E-state index in [4.69, 9.17) is 19.9 Å². The fraction of sp³-hybridized carbons (Fsp3) is 0.625. The maximum atomic E-state index is 5.89. The third kappa shape index (κ3) is 5.10. The van der Waals surface area contributed by atoms with E-state index in [2.05, 4.69) is 18.7 Å². The lowest BCUT2D eigenvalue weighted by Gasteiger charge is -2.20. The van der Waals surface area contributed by atoms with Crippen LogP contribution in [0.4, 0.5) is 0 Å². The van der Waals surface area contributed by atoms with Gasteiger partial charge in [0.1, 0.15) is 6.61 Å². The molecule has 2 N–H and O–H groups in total. The average Bonchev–Trinajstić information content (AvgIpc) is 2.52. The first kappa shape index (κ1) is 17.6. The Hall–Kier alpha value is -1.46. The summed E-state index contributed by atoms with van der Waals surface area (Å²) in [5, 5.41) is 0. The maximum absolute atomic E-state index is 5.89. The molecule has 0 amide bonds. The number of rotatable bonds is 10. The van der Waals surface area contributed by atoms with Crippen molar-refractivity contribution < 1.29 is 14.2 Å². The molecule has 0 aliphatic carbocycles. The van der Waals surface area contributed by atoms with Gasteiger partial charge in [-0.3, -0.25) is 0 Å².